The van der Waals surface area contributed by atoms with E-state index in [9.17, 15) is 9.59 Å². The predicted molar refractivity (Wildman–Crippen MR) is 126 cm³/mol. The standard InChI is InChI=1S/C26H20ClNO4/c1-31-21-13-7-17(8-14-21)15-19-16-24(18-9-11-20(27)12-10-18)28(25(19)29)23-6-4-3-5-22(23)26(30)32-2/h3-16H,1-2H3/b19-15-. The molecule has 3 aromatic carbocycles. The number of hydrogen-bond donors (Lipinski definition) is 0. The van der Waals surface area contributed by atoms with Gasteiger partial charge in [-0.1, -0.05) is 48.0 Å². The zero-order chi connectivity index (χ0) is 22.7. The molecule has 5 nitrogen and oxygen atoms in total. The third-order valence-electron chi connectivity index (χ3n) is 5.11. The minimum Gasteiger partial charge on any atom is -0.497 e. The zero-order valence-corrected chi connectivity index (χ0v) is 18.3. The summed E-state index contributed by atoms with van der Waals surface area (Å²) in [5, 5.41) is 0.592. The predicted octanol–water partition coefficient (Wildman–Crippen LogP) is 5.61. The van der Waals surface area contributed by atoms with E-state index in [1.54, 1.807) is 49.6 Å². The molecule has 0 radical (unpaired) electrons. The van der Waals surface area contributed by atoms with Gasteiger partial charge in [-0.2, -0.15) is 0 Å². The van der Waals surface area contributed by atoms with Gasteiger partial charge in [0.2, 0.25) is 0 Å². The largest absolute Gasteiger partial charge is 0.497 e. The molecule has 160 valence electrons. The van der Waals surface area contributed by atoms with Crippen molar-refractivity contribution < 1.29 is 19.1 Å². The van der Waals surface area contributed by atoms with Crippen molar-refractivity contribution in [3.63, 3.8) is 0 Å². The van der Waals surface area contributed by atoms with Crippen molar-refractivity contribution in [2.45, 2.75) is 0 Å². The number of ether oxygens (including phenoxy) is 2. The lowest BCUT2D eigenvalue weighted by atomic mass is 10.1. The molecular weight excluding hydrogens is 426 g/mol. The van der Waals surface area contributed by atoms with Crippen molar-refractivity contribution in [1.82, 2.24) is 0 Å². The summed E-state index contributed by atoms with van der Waals surface area (Å²) in [6.07, 6.45) is 3.61. The van der Waals surface area contributed by atoms with Crippen molar-refractivity contribution in [3.05, 3.63) is 106 Å². The first-order valence-electron chi connectivity index (χ1n) is 9.87. The molecule has 0 N–H and O–H groups in total. The van der Waals surface area contributed by atoms with Crippen molar-refractivity contribution in [1.29, 1.82) is 0 Å². The topological polar surface area (TPSA) is 55.8 Å². The van der Waals surface area contributed by atoms with E-state index in [4.69, 9.17) is 21.1 Å². The van der Waals surface area contributed by atoms with Crippen LogP contribution in [0.4, 0.5) is 5.69 Å². The Morgan fingerprint density at radius 3 is 2.28 bits per heavy atom. The van der Waals surface area contributed by atoms with E-state index in [0.29, 0.717) is 27.5 Å². The average molecular weight is 446 g/mol. The van der Waals surface area contributed by atoms with Gasteiger partial charge in [0, 0.05) is 10.6 Å². The summed E-state index contributed by atoms with van der Waals surface area (Å²) in [7, 11) is 2.92. The molecule has 0 unspecified atom stereocenters. The molecule has 0 fully saturated rings. The molecule has 1 aliphatic rings. The fraction of sp³-hybridized carbons (Fsp3) is 0.0769. The lowest BCUT2D eigenvalue weighted by Gasteiger charge is -2.23. The third-order valence-corrected chi connectivity index (χ3v) is 5.36. The van der Waals surface area contributed by atoms with Crippen molar-refractivity contribution in [2.24, 2.45) is 0 Å². The maximum absolute atomic E-state index is 13.5. The van der Waals surface area contributed by atoms with Gasteiger partial charge in [0.1, 0.15) is 5.75 Å². The summed E-state index contributed by atoms with van der Waals surface area (Å²) in [6.45, 7) is 0. The summed E-state index contributed by atoms with van der Waals surface area (Å²) in [5.74, 6) is -0.0329. The SMILES string of the molecule is COC(=O)c1ccccc1N1C(=O)/C(=C\c2ccc(OC)cc2)C=C1c1ccc(Cl)cc1. The second-order valence-electron chi connectivity index (χ2n) is 7.06. The van der Waals surface area contributed by atoms with Crippen LogP contribution in [0.15, 0.2) is 84.4 Å². The van der Waals surface area contributed by atoms with Gasteiger partial charge in [-0.05, 0) is 59.7 Å². The minimum absolute atomic E-state index is 0.248. The molecule has 0 atom stereocenters. The molecule has 0 saturated carbocycles. The molecule has 1 aliphatic heterocycles. The van der Waals surface area contributed by atoms with Crippen LogP contribution in [0.25, 0.3) is 11.8 Å². The quantitative estimate of drug-likeness (QED) is 0.378. The molecular formula is C26H20ClNO4. The van der Waals surface area contributed by atoms with Gasteiger partial charge in [-0.3, -0.25) is 9.69 Å². The summed E-state index contributed by atoms with van der Waals surface area (Å²) >= 11 is 6.06. The second kappa shape index (κ2) is 9.12. The molecule has 32 heavy (non-hydrogen) atoms. The first-order chi connectivity index (χ1) is 15.5. The van der Waals surface area contributed by atoms with Gasteiger partial charge in [0.15, 0.2) is 0 Å². The number of benzene rings is 3. The van der Waals surface area contributed by atoms with Gasteiger partial charge in [-0.25, -0.2) is 4.79 Å². The van der Waals surface area contributed by atoms with E-state index in [2.05, 4.69) is 0 Å². The summed E-state index contributed by atoms with van der Waals surface area (Å²) in [4.78, 5) is 27.5. The van der Waals surface area contributed by atoms with E-state index in [1.807, 2.05) is 42.5 Å². The van der Waals surface area contributed by atoms with Crippen LogP contribution in [0.5, 0.6) is 5.75 Å². The number of nitrogens with zero attached hydrogens (tertiary/aromatic N) is 1. The molecule has 4 rings (SSSR count). The average Bonchev–Trinajstić information content (AvgIpc) is 3.15. The summed E-state index contributed by atoms with van der Waals surface area (Å²) in [6, 6.07) is 21.5. The van der Waals surface area contributed by atoms with Crippen LogP contribution >= 0.6 is 11.6 Å². The maximum Gasteiger partial charge on any atom is 0.339 e. The Bertz CT molecular complexity index is 1230. The number of para-hydroxylation sites is 1. The van der Waals surface area contributed by atoms with E-state index >= 15 is 0 Å². The molecule has 1 amide bonds. The monoisotopic (exact) mass is 445 g/mol. The first kappa shape index (κ1) is 21.4. The summed E-state index contributed by atoms with van der Waals surface area (Å²) in [5.41, 5.74) is 3.52. The molecule has 3 aromatic rings. The van der Waals surface area contributed by atoms with Crippen LogP contribution in [-0.4, -0.2) is 26.1 Å². The number of hydrogen-bond acceptors (Lipinski definition) is 4. The van der Waals surface area contributed by atoms with Crippen molar-refractivity contribution >= 4 is 40.9 Å². The highest BCUT2D eigenvalue weighted by atomic mass is 35.5. The van der Waals surface area contributed by atoms with Crippen LogP contribution in [0, 0.1) is 0 Å². The van der Waals surface area contributed by atoms with E-state index in [-0.39, 0.29) is 5.91 Å². The molecule has 0 bridgehead atoms. The second-order valence-corrected chi connectivity index (χ2v) is 7.50. The maximum atomic E-state index is 13.5. The van der Waals surface area contributed by atoms with Crippen LogP contribution in [0.3, 0.4) is 0 Å². The normalized spacial score (nSPS) is 14.5. The highest BCUT2D eigenvalue weighted by Crippen LogP contribution is 2.37. The van der Waals surface area contributed by atoms with Gasteiger partial charge in [0.05, 0.1) is 31.2 Å². The molecule has 0 spiro atoms. The first-order valence-corrected chi connectivity index (χ1v) is 10.2. The smallest absolute Gasteiger partial charge is 0.339 e. The number of halogens is 1. The zero-order valence-electron chi connectivity index (χ0n) is 17.5. The van der Waals surface area contributed by atoms with Crippen LogP contribution in [0.1, 0.15) is 21.5 Å². The molecule has 0 saturated heterocycles. The van der Waals surface area contributed by atoms with Gasteiger partial charge >= 0.3 is 5.97 Å². The third kappa shape index (κ3) is 4.15. The molecule has 0 aromatic heterocycles. The van der Waals surface area contributed by atoms with Gasteiger partial charge in [0.25, 0.3) is 5.91 Å². The number of rotatable bonds is 5. The summed E-state index contributed by atoms with van der Waals surface area (Å²) < 4.78 is 10.1. The fourth-order valence-corrected chi connectivity index (χ4v) is 3.64. The highest BCUT2D eigenvalue weighted by molar-refractivity contribution is 6.30. The number of esters is 1. The Labute approximate surface area is 191 Å². The van der Waals surface area contributed by atoms with E-state index in [1.165, 1.54) is 12.0 Å². The fourth-order valence-electron chi connectivity index (χ4n) is 3.52. The molecule has 0 aliphatic carbocycles. The lowest BCUT2D eigenvalue weighted by molar-refractivity contribution is -0.113. The number of anilines is 1. The Morgan fingerprint density at radius 1 is 0.938 bits per heavy atom. The van der Waals surface area contributed by atoms with Crippen molar-refractivity contribution in [3.8, 4) is 5.75 Å². The molecule has 6 heteroatoms. The number of amides is 1. The number of methoxy groups -OCH3 is 2. The Hall–Kier alpha value is -3.83. The van der Waals surface area contributed by atoms with Gasteiger partial charge < -0.3 is 9.47 Å². The Morgan fingerprint density at radius 2 is 1.62 bits per heavy atom. The Balaban J connectivity index is 1.84. The van der Waals surface area contributed by atoms with Crippen LogP contribution < -0.4 is 9.64 Å². The number of carbonyl (C=O) groups excluding carboxylic acids is 2. The lowest BCUT2D eigenvalue weighted by Crippen LogP contribution is -2.27. The van der Waals surface area contributed by atoms with Crippen molar-refractivity contribution in [2.75, 3.05) is 19.1 Å². The molecule has 1 heterocycles. The highest BCUT2D eigenvalue weighted by Gasteiger charge is 2.33. The minimum atomic E-state index is -0.517. The van der Waals surface area contributed by atoms with E-state index < -0.39 is 5.97 Å². The van der Waals surface area contributed by atoms with Crippen LogP contribution in [0.2, 0.25) is 5.02 Å². The van der Waals surface area contributed by atoms with Crippen LogP contribution in [-0.2, 0) is 9.53 Å². The van der Waals surface area contributed by atoms with E-state index in [0.717, 1.165) is 16.9 Å². The van der Waals surface area contributed by atoms with Gasteiger partial charge in [-0.15, -0.1) is 0 Å². The number of carbonyl (C=O) groups is 2. The Kier molecular flexibility index (Phi) is 6.10.